The average molecular weight is 312 g/mol. The van der Waals surface area contributed by atoms with Crippen LogP contribution in [0.5, 0.6) is 0 Å². The molecule has 114 valence electrons. The maximum atomic E-state index is 13.4. The predicted octanol–water partition coefficient (Wildman–Crippen LogP) is 1.44. The first kappa shape index (κ1) is 15.6. The second-order valence-corrected chi connectivity index (χ2v) is 6.20. The summed E-state index contributed by atoms with van der Waals surface area (Å²) in [6.45, 7) is 1.83. The number of imidazole rings is 1. The fourth-order valence-electron chi connectivity index (χ4n) is 2.00. The van der Waals surface area contributed by atoms with Crippen molar-refractivity contribution in [1.29, 1.82) is 0 Å². The van der Waals surface area contributed by atoms with Crippen molar-refractivity contribution in [3.05, 3.63) is 47.8 Å². The number of nitrogens with two attached hydrogens (primary N) is 1. The Bertz CT molecular complexity index is 701. The Kier molecular flexibility index (Phi) is 4.71. The van der Waals surface area contributed by atoms with Crippen LogP contribution in [0.3, 0.4) is 0 Å². The molecular weight excluding hydrogens is 295 g/mol. The number of aromatic nitrogens is 2. The van der Waals surface area contributed by atoms with Crippen molar-refractivity contribution in [2.45, 2.75) is 30.8 Å². The van der Waals surface area contributed by atoms with Crippen LogP contribution in [0.25, 0.3) is 0 Å². The zero-order chi connectivity index (χ0) is 15.5. The first-order valence-electron chi connectivity index (χ1n) is 6.48. The molecule has 1 unspecified atom stereocenters. The third kappa shape index (κ3) is 3.46. The zero-order valence-corrected chi connectivity index (χ0v) is 12.3. The third-order valence-electron chi connectivity index (χ3n) is 3.09. The largest absolute Gasteiger partial charge is 0.347 e. The normalized spacial score (nSPS) is 13.3. The number of hydrogen-bond donors (Lipinski definition) is 3. The van der Waals surface area contributed by atoms with Crippen LogP contribution in [0, 0.1) is 5.82 Å². The Morgan fingerprint density at radius 2 is 2.24 bits per heavy atom. The van der Waals surface area contributed by atoms with Crippen LogP contribution in [0.2, 0.25) is 0 Å². The molecule has 1 atom stereocenters. The number of halogens is 1. The van der Waals surface area contributed by atoms with E-state index in [0.29, 0.717) is 17.8 Å². The van der Waals surface area contributed by atoms with Crippen molar-refractivity contribution in [2.24, 2.45) is 5.73 Å². The van der Waals surface area contributed by atoms with Crippen molar-refractivity contribution >= 4 is 10.0 Å². The summed E-state index contributed by atoms with van der Waals surface area (Å²) in [6.07, 6.45) is 3.65. The molecular formula is C13H17FN4O2S. The number of rotatable bonds is 6. The summed E-state index contributed by atoms with van der Waals surface area (Å²) in [5.41, 5.74) is 5.88. The van der Waals surface area contributed by atoms with E-state index in [1.807, 2.05) is 6.92 Å². The van der Waals surface area contributed by atoms with Gasteiger partial charge in [-0.2, -0.15) is 0 Å². The molecule has 2 rings (SSSR count). The quantitative estimate of drug-likeness (QED) is 0.751. The molecule has 0 saturated heterocycles. The molecule has 1 aromatic heterocycles. The predicted molar refractivity (Wildman–Crippen MR) is 76.2 cm³/mol. The van der Waals surface area contributed by atoms with Crippen molar-refractivity contribution < 1.29 is 12.8 Å². The Labute approximate surface area is 122 Å². The van der Waals surface area contributed by atoms with Gasteiger partial charge in [-0.15, -0.1) is 0 Å². The molecule has 0 amide bonds. The number of sulfonamides is 1. The van der Waals surface area contributed by atoms with Gasteiger partial charge in [-0.05, 0) is 24.1 Å². The highest BCUT2D eigenvalue weighted by Gasteiger charge is 2.24. The Balaban J connectivity index is 2.36. The maximum absolute atomic E-state index is 13.4. The number of H-pyrrole nitrogens is 1. The van der Waals surface area contributed by atoms with E-state index < -0.39 is 21.9 Å². The molecule has 0 fully saturated rings. The molecule has 0 spiro atoms. The summed E-state index contributed by atoms with van der Waals surface area (Å²) in [4.78, 5) is 6.77. The molecule has 0 radical (unpaired) electrons. The minimum absolute atomic E-state index is 0.00800. The highest BCUT2D eigenvalue weighted by atomic mass is 32.2. The van der Waals surface area contributed by atoms with Crippen LogP contribution in [0.15, 0.2) is 35.5 Å². The summed E-state index contributed by atoms with van der Waals surface area (Å²) in [7, 11) is -3.89. The molecule has 1 aromatic carbocycles. The van der Waals surface area contributed by atoms with Crippen molar-refractivity contribution in [3.63, 3.8) is 0 Å². The van der Waals surface area contributed by atoms with Gasteiger partial charge in [-0.1, -0.05) is 13.0 Å². The molecule has 8 heteroatoms. The lowest BCUT2D eigenvalue weighted by molar-refractivity contribution is 0.536. The highest BCUT2D eigenvalue weighted by Crippen LogP contribution is 2.21. The molecule has 6 nitrogen and oxygen atoms in total. The van der Waals surface area contributed by atoms with E-state index in [-0.39, 0.29) is 11.4 Å². The van der Waals surface area contributed by atoms with E-state index in [0.717, 1.165) is 6.07 Å². The number of nitrogens with one attached hydrogen (secondary N) is 2. The molecule has 0 saturated carbocycles. The second kappa shape index (κ2) is 6.33. The first-order valence-corrected chi connectivity index (χ1v) is 7.96. The Morgan fingerprint density at radius 1 is 1.48 bits per heavy atom. The van der Waals surface area contributed by atoms with Gasteiger partial charge >= 0.3 is 0 Å². The standard InChI is InChI=1S/C13H17FN4O2S/c1-2-11(13-16-5-6-17-13)18-21(19,20)12-7-10(14)4-3-9(12)8-15/h3-7,11,18H,2,8,15H2,1H3,(H,16,17). The van der Waals surface area contributed by atoms with Crippen LogP contribution in [-0.2, 0) is 16.6 Å². The van der Waals surface area contributed by atoms with Gasteiger partial charge in [0.1, 0.15) is 11.6 Å². The minimum Gasteiger partial charge on any atom is -0.347 e. The SMILES string of the molecule is CCC(NS(=O)(=O)c1cc(F)ccc1CN)c1ncc[nH]1. The zero-order valence-electron chi connectivity index (χ0n) is 11.5. The monoisotopic (exact) mass is 312 g/mol. The Hall–Kier alpha value is -1.77. The van der Waals surface area contributed by atoms with E-state index in [2.05, 4.69) is 14.7 Å². The lowest BCUT2D eigenvalue weighted by Gasteiger charge is -2.16. The molecule has 2 aromatic rings. The summed E-state index contributed by atoms with van der Waals surface area (Å²) in [5.74, 6) is -0.120. The van der Waals surface area contributed by atoms with E-state index in [1.165, 1.54) is 12.1 Å². The first-order chi connectivity index (χ1) is 9.97. The van der Waals surface area contributed by atoms with E-state index in [9.17, 15) is 12.8 Å². The van der Waals surface area contributed by atoms with Crippen molar-refractivity contribution in [2.75, 3.05) is 0 Å². The van der Waals surface area contributed by atoms with Crippen molar-refractivity contribution in [1.82, 2.24) is 14.7 Å². The molecule has 0 aliphatic rings. The van der Waals surface area contributed by atoms with Crippen molar-refractivity contribution in [3.8, 4) is 0 Å². The lowest BCUT2D eigenvalue weighted by atomic mass is 10.2. The van der Waals surface area contributed by atoms with Gasteiger partial charge in [-0.3, -0.25) is 0 Å². The Morgan fingerprint density at radius 3 is 2.81 bits per heavy atom. The number of aromatic amines is 1. The van der Waals surface area contributed by atoms with Gasteiger partial charge in [-0.25, -0.2) is 22.5 Å². The number of hydrogen-bond acceptors (Lipinski definition) is 4. The molecule has 0 aliphatic carbocycles. The molecule has 0 bridgehead atoms. The fourth-order valence-corrected chi connectivity index (χ4v) is 3.54. The molecule has 4 N–H and O–H groups in total. The van der Waals surface area contributed by atoms with E-state index in [1.54, 1.807) is 12.4 Å². The van der Waals surface area contributed by atoms with Gasteiger partial charge < -0.3 is 10.7 Å². The van der Waals surface area contributed by atoms with Gasteiger partial charge in [0, 0.05) is 18.9 Å². The van der Waals surface area contributed by atoms with Crippen LogP contribution in [0.4, 0.5) is 4.39 Å². The van der Waals surface area contributed by atoms with Crippen LogP contribution < -0.4 is 10.5 Å². The molecule has 1 heterocycles. The molecule has 0 aliphatic heterocycles. The van der Waals surface area contributed by atoms with Crippen LogP contribution >= 0.6 is 0 Å². The topological polar surface area (TPSA) is 101 Å². The van der Waals surface area contributed by atoms with E-state index in [4.69, 9.17) is 5.73 Å². The second-order valence-electron chi connectivity index (χ2n) is 4.51. The maximum Gasteiger partial charge on any atom is 0.241 e. The summed E-state index contributed by atoms with van der Waals surface area (Å²) < 4.78 is 40.8. The van der Waals surface area contributed by atoms with Gasteiger partial charge in [0.05, 0.1) is 10.9 Å². The third-order valence-corrected chi connectivity index (χ3v) is 4.65. The van der Waals surface area contributed by atoms with Gasteiger partial charge in [0.2, 0.25) is 10.0 Å². The molecule has 21 heavy (non-hydrogen) atoms. The van der Waals surface area contributed by atoms with Crippen LogP contribution in [0.1, 0.15) is 30.8 Å². The average Bonchev–Trinajstić information content (AvgIpc) is 2.99. The van der Waals surface area contributed by atoms with Crippen LogP contribution in [-0.4, -0.2) is 18.4 Å². The minimum atomic E-state index is -3.89. The lowest BCUT2D eigenvalue weighted by Crippen LogP contribution is -2.30. The van der Waals surface area contributed by atoms with Gasteiger partial charge in [0.15, 0.2) is 0 Å². The summed E-state index contributed by atoms with van der Waals surface area (Å²) >= 11 is 0. The fraction of sp³-hybridized carbons (Fsp3) is 0.308. The summed E-state index contributed by atoms with van der Waals surface area (Å²) in [5, 5.41) is 0. The number of nitrogens with zero attached hydrogens (tertiary/aromatic N) is 1. The smallest absolute Gasteiger partial charge is 0.241 e. The summed E-state index contributed by atoms with van der Waals surface area (Å²) in [6, 6.07) is 3.02. The van der Waals surface area contributed by atoms with Gasteiger partial charge in [0.25, 0.3) is 0 Å². The van der Waals surface area contributed by atoms with E-state index >= 15 is 0 Å². The number of benzene rings is 1. The highest BCUT2D eigenvalue weighted by molar-refractivity contribution is 7.89.